The fourth-order valence-electron chi connectivity index (χ4n) is 1.77. The van der Waals surface area contributed by atoms with Crippen LogP contribution in [-0.2, 0) is 6.54 Å². The van der Waals surface area contributed by atoms with Crippen LogP contribution >= 0.6 is 0 Å². The Labute approximate surface area is 113 Å². The lowest BCUT2D eigenvalue weighted by molar-refractivity contribution is 0.310. The van der Waals surface area contributed by atoms with Crippen molar-refractivity contribution in [2.75, 3.05) is 19.0 Å². The van der Waals surface area contributed by atoms with Crippen molar-refractivity contribution in [2.24, 2.45) is 0 Å². The molecule has 0 radical (unpaired) electrons. The van der Waals surface area contributed by atoms with Crippen LogP contribution in [0.3, 0.4) is 0 Å². The van der Waals surface area contributed by atoms with E-state index in [2.05, 4.69) is 10.3 Å². The summed E-state index contributed by atoms with van der Waals surface area (Å²) >= 11 is 0. The van der Waals surface area contributed by atoms with Crippen LogP contribution in [0.1, 0.15) is 12.5 Å². The normalized spacial score (nSPS) is 10.0. The van der Waals surface area contributed by atoms with Crippen molar-refractivity contribution in [3.63, 3.8) is 0 Å². The molecule has 0 aliphatic rings. The molecule has 100 valence electrons. The van der Waals surface area contributed by atoms with Crippen LogP contribution in [-0.4, -0.2) is 18.7 Å². The van der Waals surface area contributed by atoms with E-state index in [0.29, 0.717) is 13.2 Å². The summed E-state index contributed by atoms with van der Waals surface area (Å²) in [4.78, 5) is 4.06. The number of ether oxygens (including phenoxy) is 2. The second-order valence-electron chi connectivity index (χ2n) is 4.01. The average molecular weight is 258 g/mol. The van der Waals surface area contributed by atoms with Crippen LogP contribution in [0, 0.1) is 0 Å². The van der Waals surface area contributed by atoms with Gasteiger partial charge >= 0.3 is 0 Å². The molecule has 0 fully saturated rings. The maximum atomic E-state index is 5.49. The second-order valence-corrected chi connectivity index (χ2v) is 4.01. The highest BCUT2D eigenvalue weighted by atomic mass is 16.5. The Bertz CT molecular complexity index is 515. The predicted octanol–water partition coefficient (Wildman–Crippen LogP) is 3.10. The molecule has 4 nitrogen and oxygen atoms in total. The Kier molecular flexibility index (Phi) is 4.61. The van der Waals surface area contributed by atoms with Crippen LogP contribution in [0.15, 0.2) is 42.7 Å². The van der Waals surface area contributed by atoms with Gasteiger partial charge in [-0.1, -0.05) is 6.07 Å². The lowest BCUT2D eigenvalue weighted by atomic mass is 10.2. The SMILES string of the molecule is CCOc1ccc(CNc2cccnc2)cc1OC. The van der Waals surface area contributed by atoms with Gasteiger partial charge in [-0.05, 0) is 36.8 Å². The summed E-state index contributed by atoms with van der Waals surface area (Å²) in [6.45, 7) is 3.30. The third-order valence-electron chi connectivity index (χ3n) is 2.69. The molecule has 4 heteroatoms. The molecule has 0 unspecified atom stereocenters. The molecule has 0 amide bonds. The summed E-state index contributed by atoms with van der Waals surface area (Å²) < 4.78 is 10.8. The first kappa shape index (κ1) is 13.2. The molecule has 1 aromatic heterocycles. The molecule has 0 bridgehead atoms. The van der Waals surface area contributed by atoms with E-state index in [1.165, 1.54) is 0 Å². The van der Waals surface area contributed by atoms with Crippen molar-refractivity contribution in [1.82, 2.24) is 4.98 Å². The van der Waals surface area contributed by atoms with E-state index in [1.807, 2.05) is 37.3 Å². The number of pyridine rings is 1. The largest absolute Gasteiger partial charge is 0.493 e. The Hall–Kier alpha value is -2.23. The molecule has 2 rings (SSSR count). The molecule has 1 aromatic carbocycles. The van der Waals surface area contributed by atoms with E-state index in [9.17, 15) is 0 Å². The van der Waals surface area contributed by atoms with Crippen molar-refractivity contribution in [2.45, 2.75) is 13.5 Å². The smallest absolute Gasteiger partial charge is 0.161 e. The van der Waals surface area contributed by atoms with Gasteiger partial charge in [-0.2, -0.15) is 0 Å². The maximum absolute atomic E-state index is 5.49. The van der Waals surface area contributed by atoms with E-state index in [4.69, 9.17) is 9.47 Å². The third kappa shape index (κ3) is 3.61. The Morgan fingerprint density at radius 1 is 1.21 bits per heavy atom. The summed E-state index contributed by atoms with van der Waals surface area (Å²) in [7, 11) is 1.65. The number of benzene rings is 1. The first-order valence-corrected chi connectivity index (χ1v) is 6.27. The molecule has 0 saturated carbocycles. The Morgan fingerprint density at radius 3 is 2.79 bits per heavy atom. The van der Waals surface area contributed by atoms with E-state index in [0.717, 1.165) is 22.7 Å². The van der Waals surface area contributed by atoms with Gasteiger partial charge in [-0.15, -0.1) is 0 Å². The van der Waals surface area contributed by atoms with Crippen molar-refractivity contribution < 1.29 is 9.47 Å². The highest BCUT2D eigenvalue weighted by Gasteiger charge is 2.05. The molecule has 0 aliphatic carbocycles. The van der Waals surface area contributed by atoms with E-state index < -0.39 is 0 Å². The molecule has 0 spiro atoms. The van der Waals surface area contributed by atoms with Crippen LogP contribution in [0.5, 0.6) is 11.5 Å². The minimum Gasteiger partial charge on any atom is -0.493 e. The Morgan fingerprint density at radius 2 is 2.11 bits per heavy atom. The van der Waals surface area contributed by atoms with E-state index >= 15 is 0 Å². The minimum absolute atomic E-state index is 0.629. The lowest BCUT2D eigenvalue weighted by Crippen LogP contribution is -2.01. The zero-order chi connectivity index (χ0) is 13.5. The van der Waals surface area contributed by atoms with Crippen LogP contribution in [0.25, 0.3) is 0 Å². The van der Waals surface area contributed by atoms with Gasteiger partial charge in [0, 0.05) is 18.9 Å². The third-order valence-corrected chi connectivity index (χ3v) is 2.69. The summed E-state index contributed by atoms with van der Waals surface area (Å²) in [5.41, 5.74) is 2.12. The molecule has 0 aliphatic heterocycles. The zero-order valence-electron chi connectivity index (χ0n) is 11.2. The quantitative estimate of drug-likeness (QED) is 0.864. The molecule has 2 aromatic rings. The van der Waals surface area contributed by atoms with Gasteiger partial charge in [0.2, 0.25) is 0 Å². The first-order valence-electron chi connectivity index (χ1n) is 6.27. The molecular formula is C15H18N2O2. The summed E-state index contributed by atoms with van der Waals surface area (Å²) in [6, 6.07) is 9.83. The first-order chi connectivity index (χ1) is 9.33. The number of rotatable bonds is 6. The van der Waals surface area contributed by atoms with Gasteiger partial charge in [0.1, 0.15) is 0 Å². The standard InChI is InChI=1S/C15H18N2O2/c1-3-19-14-7-6-12(9-15(14)18-2)10-17-13-5-4-8-16-11-13/h4-9,11,17H,3,10H2,1-2H3. The predicted molar refractivity (Wildman–Crippen MR) is 75.7 cm³/mol. The maximum Gasteiger partial charge on any atom is 0.161 e. The van der Waals surface area contributed by atoms with Gasteiger partial charge in [-0.3, -0.25) is 4.98 Å². The van der Waals surface area contributed by atoms with Crippen LogP contribution < -0.4 is 14.8 Å². The van der Waals surface area contributed by atoms with Crippen LogP contribution in [0.4, 0.5) is 5.69 Å². The van der Waals surface area contributed by atoms with Crippen molar-refractivity contribution >= 4 is 5.69 Å². The van der Waals surface area contributed by atoms with Gasteiger partial charge in [-0.25, -0.2) is 0 Å². The fraction of sp³-hybridized carbons (Fsp3) is 0.267. The summed E-state index contributed by atoms with van der Waals surface area (Å²) in [5.74, 6) is 1.53. The van der Waals surface area contributed by atoms with E-state index in [1.54, 1.807) is 19.5 Å². The molecule has 1 heterocycles. The zero-order valence-corrected chi connectivity index (χ0v) is 11.2. The number of aromatic nitrogens is 1. The number of hydrogen-bond donors (Lipinski definition) is 1. The van der Waals surface area contributed by atoms with E-state index in [-0.39, 0.29) is 0 Å². The van der Waals surface area contributed by atoms with Crippen molar-refractivity contribution in [3.05, 3.63) is 48.3 Å². The minimum atomic E-state index is 0.629. The van der Waals surface area contributed by atoms with Crippen molar-refractivity contribution in [1.29, 1.82) is 0 Å². The highest BCUT2D eigenvalue weighted by Crippen LogP contribution is 2.28. The molecule has 0 atom stereocenters. The number of hydrogen-bond acceptors (Lipinski definition) is 4. The number of anilines is 1. The monoisotopic (exact) mass is 258 g/mol. The molecule has 1 N–H and O–H groups in total. The van der Waals surface area contributed by atoms with Gasteiger partial charge in [0.25, 0.3) is 0 Å². The Balaban J connectivity index is 2.05. The summed E-state index contributed by atoms with van der Waals surface area (Å²) in [6.07, 6.45) is 3.55. The number of nitrogens with one attached hydrogen (secondary N) is 1. The number of methoxy groups -OCH3 is 1. The van der Waals surface area contributed by atoms with Crippen LogP contribution in [0.2, 0.25) is 0 Å². The second kappa shape index (κ2) is 6.64. The molecule has 19 heavy (non-hydrogen) atoms. The molecular weight excluding hydrogens is 240 g/mol. The number of nitrogens with zero attached hydrogens (tertiary/aromatic N) is 1. The lowest BCUT2D eigenvalue weighted by Gasteiger charge is -2.11. The fourth-order valence-corrected chi connectivity index (χ4v) is 1.77. The van der Waals surface area contributed by atoms with Crippen molar-refractivity contribution in [3.8, 4) is 11.5 Å². The molecule has 0 saturated heterocycles. The highest BCUT2D eigenvalue weighted by molar-refractivity contribution is 5.45. The topological polar surface area (TPSA) is 43.4 Å². The van der Waals surface area contributed by atoms with Gasteiger partial charge in [0.15, 0.2) is 11.5 Å². The van der Waals surface area contributed by atoms with Gasteiger partial charge < -0.3 is 14.8 Å². The summed E-state index contributed by atoms with van der Waals surface area (Å²) in [5, 5.41) is 3.30. The average Bonchev–Trinajstić information content (AvgIpc) is 2.47. The van der Waals surface area contributed by atoms with Gasteiger partial charge in [0.05, 0.1) is 19.4 Å².